The van der Waals surface area contributed by atoms with Crippen molar-refractivity contribution in [2.24, 2.45) is 0 Å². The second-order valence-corrected chi connectivity index (χ2v) is 5.09. The van der Waals surface area contributed by atoms with Gasteiger partial charge in [-0.25, -0.2) is 9.48 Å². The van der Waals surface area contributed by atoms with Crippen LogP contribution >= 0.6 is 0 Å². The van der Waals surface area contributed by atoms with Crippen molar-refractivity contribution in [1.82, 2.24) is 14.2 Å². The third kappa shape index (κ3) is 3.68. The van der Waals surface area contributed by atoms with Crippen LogP contribution in [0.4, 0.5) is 0 Å². The highest BCUT2D eigenvalue weighted by Crippen LogP contribution is 2.04. The number of furan rings is 1. The first-order chi connectivity index (χ1) is 11.2. The number of pyridine rings is 1. The van der Waals surface area contributed by atoms with Crippen LogP contribution in [0.1, 0.15) is 18.6 Å². The fourth-order valence-corrected chi connectivity index (χ4v) is 2.27. The first-order valence-electron chi connectivity index (χ1n) is 7.46. The molecule has 23 heavy (non-hydrogen) atoms. The molecular formula is C16H17N3O4. The quantitative estimate of drug-likeness (QED) is 0.489. The van der Waals surface area contributed by atoms with Crippen LogP contribution in [-0.4, -0.2) is 26.8 Å². The molecule has 0 fully saturated rings. The lowest BCUT2D eigenvalue weighted by molar-refractivity contribution is -0.143. The van der Waals surface area contributed by atoms with Gasteiger partial charge in [-0.05, 0) is 24.3 Å². The molecule has 0 saturated heterocycles. The van der Waals surface area contributed by atoms with E-state index in [4.69, 9.17) is 9.15 Å². The Morgan fingerprint density at radius 1 is 1.26 bits per heavy atom. The van der Waals surface area contributed by atoms with Gasteiger partial charge in [0.25, 0.3) is 0 Å². The molecule has 7 heteroatoms. The number of fused-ring (bicyclic) bond motifs is 1. The maximum Gasteiger partial charge on any atom is 0.350 e. The van der Waals surface area contributed by atoms with E-state index in [1.54, 1.807) is 30.7 Å². The van der Waals surface area contributed by atoms with Crippen molar-refractivity contribution in [3.8, 4) is 0 Å². The smallest absolute Gasteiger partial charge is 0.350 e. The molecule has 120 valence electrons. The molecule has 3 heterocycles. The summed E-state index contributed by atoms with van der Waals surface area (Å²) in [5.41, 5.74) is 0.415. The van der Waals surface area contributed by atoms with Gasteiger partial charge < -0.3 is 9.15 Å². The zero-order chi connectivity index (χ0) is 16.1. The number of aryl methyl sites for hydroxylation is 2. The van der Waals surface area contributed by atoms with E-state index in [1.165, 1.54) is 9.08 Å². The average Bonchev–Trinajstić information content (AvgIpc) is 3.19. The minimum Gasteiger partial charge on any atom is -0.469 e. The van der Waals surface area contributed by atoms with Gasteiger partial charge in [-0.1, -0.05) is 6.07 Å². The molecule has 0 atom stereocenters. The van der Waals surface area contributed by atoms with Crippen LogP contribution in [0.3, 0.4) is 0 Å². The summed E-state index contributed by atoms with van der Waals surface area (Å²) in [5, 5.41) is 4.21. The SMILES string of the molecule is O=C(CCc1ccco1)OCCCn1nc2ccccn2c1=O. The number of esters is 1. The summed E-state index contributed by atoms with van der Waals surface area (Å²) in [5.74, 6) is 0.488. The lowest BCUT2D eigenvalue weighted by atomic mass is 10.2. The van der Waals surface area contributed by atoms with Crippen LogP contribution in [0.25, 0.3) is 5.65 Å². The summed E-state index contributed by atoms with van der Waals surface area (Å²) in [6, 6.07) is 8.98. The molecule has 0 aromatic carbocycles. The van der Waals surface area contributed by atoms with E-state index < -0.39 is 0 Å². The van der Waals surface area contributed by atoms with Gasteiger partial charge in [-0.2, -0.15) is 0 Å². The van der Waals surface area contributed by atoms with Crippen LogP contribution in [-0.2, 0) is 22.5 Å². The maximum atomic E-state index is 12.0. The van der Waals surface area contributed by atoms with E-state index in [-0.39, 0.29) is 24.7 Å². The molecule has 0 saturated carbocycles. The molecule has 3 aromatic heterocycles. The molecule has 0 unspecified atom stereocenters. The molecule has 3 rings (SSSR count). The molecule has 0 aliphatic heterocycles. The van der Waals surface area contributed by atoms with E-state index in [9.17, 15) is 9.59 Å². The van der Waals surface area contributed by atoms with Gasteiger partial charge in [0.1, 0.15) is 5.76 Å². The van der Waals surface area contributed by atoms with Crippen molar-refractivity contribution >= 4 is 11.6 Å². The minimum atomic E-state index is -0.274. The number of aromatic nitrogens is 3. The maximum absolute atomic E-state index is 12.0. The highest BCUT2D eigenvalue weighted by molar-refractivity contribution is 5.69. The van der Waals surface area contributed by atoms with Crippen molar-refractivity contribution in [2.75, 3.05) is 6.61 Å². The van der Waals surface area contributed by atoms with Crippen LogP contribution in [0.5, 0.6) is 0 Å². The van der Waals surface area contributed by atoms with E-state index in [0.29, 0.717) is 25.0 Å². The number of carbonyl (C=O) groups is 1. The second-order valence-electron chi connectivity index (χ2n) is 5.09. The van der Waals surface area contributed by atoms with E-state index >= 15 is 0 Å². The van der Waals surface area contributed by atoms with Crippen LogP contribution in [0, 0.1) is 0 Å². The summed E-state index contributed by atoms with van der Waals surface area (Å²) < 4.78 is 13.2. The van der Waals surface area contributed by atoms with Crippen LogP contribution in [0.2, 0.25) is 0 Å². The third-order valence-corrected chi connectivity index (χ3v) is 3.42. The first kappa shape index (κ1) is 15.1. The minimum absolute atomic E-state index is 0.190. The second kappa shape index (κ2) is 6.95. The van der Waals surface area contributed by atoms with E-state index in [2.05, 4.69) is 5.10 Å². The Labute approximate surface area is 132 Å². The van der Waals surface area contributed by atoms with Gasteiger partial charge >= 0.3 is 11.7 Å². The Hall–Kier alpha value is -2.83. The molecule has 0 bridgehead atoms. The number of ether oxygens (including phenoxy) is 1. The van der Waals surface area contributed by atoms with Crippen LogP contribution < -0.4 is 5.69 Å². The highest BCUT2D eigenvalue weighted by atomic mass is 16.5. The molecule has 0 aliphatic rings. The summed E-state index contributed by atoms with van der Waals surface area (Å²) in [4.78, 5) is 23.6. The number of hydrogen-bond acceptors (Lipinski definition) is 5. The Balaban J connectivity index is 1.43. The Bertz CT molecular complexity index is 833. The monoisotopic (exact) mass is 315 g/mol. The van der Waals surface area contributed by atoms with Crippen molar-refractivity contribution in [2.45, 2.75) is 25.8 Å². The highest BCUT2D eigenvalue weighted by Gasteiger charge is 2.07. The van der Waals surface area contributed by atoms with Crippen molar-refractivity contribution in [1.29, 1.82) is 0 Å². The molecule has 0 spiro atoms. The Morgan fingerprint density at radius 3 is 2.96 bits per heavy atom. The normalized spacial score (nSPS) is 11.0. The largest absolute Gasteiger partial charge is 0.469 e. The van der Waals surface area contributed by atoms with Crippen molar-refractivity contribution in [3.63, 3.8) is 0 Å². The summed E-state index contributed by atoms with van der Waals surface area (Å²) in [6.45, 7) is 0.670. The predicted molar refractivity (Wildman–Crippen MR) is 82.1 cm³/mol. The summed E-state index contributed by atoms with van der Waals surface area (Å²) in [7, 11) is 0. The lowest BCUT2D eigenvalue weighted by Gasteiger charge is -2.03. The number of rotatable bonds is 7. The van der Waals surface area contributed by atoms with Gasteiger partial charge in [0.2, 0.25) is 0 Å². The van der Waals surface area contributed by atoms with Gasteiger partial charge in [0.05, 0.1) is 19.3 Å². The standard InChI is InChI=1S/C16H17N3O4/c20-15(8-7-13-5-3-11-22-13)23-12-4-10-19-16(21)18-9-2-1-6-14(18)17-19/h1-3,5-6,9,11H,4,7-8,10,12H2. The van der Waals surface area contributed by atoms with E-state index in [1.807, 2.05) is 12.1 Å². The van der Waals surface area contributed by atoms with E-state index in [0.717, 1.165) is 5.76 Å². The molecule has 0 N–H and O–H groups in total. The van der Waals surface area contributed by atoms with Gasteiger partial charge in [0, 0.05) is 25.6 Å². The van der Waals surface area contributed by atoms with Crippen molar-refractivity contribution < 1.29 is 13.9 Å². The molecular weight excluding hydrogens is 298 g/mol. The fourth-order valence-electron chi connectivity index (χ4n) is 2.27. The number of hydrogen-bond donors (Lipinski definition) is 0. The van der Waals surface area contributed by atoms with Crippen LogP contribution in [0.15, 0.2) is 52.0 Å². The number of carbonyl (C=O) groups excluding carboxylic acids is 1. The molecule has 3 aromatic rings. The molecule has 0 amide bonds. The first-order valence-corrected chi connectivity index (χ1v) is 7.46. The number of nitrogens with zero attached hydrogens (tertiary/aromatic N) is 3. The fraction of sp³-hybridized carbons (Fsp3) is 0.312. The average molecular weight is 315 g/mol. The van der Waals surface area contributed by atoms with Gasteiger partial charge in [-0.15, -0.1) is 5.10 Å². The molecule has 0 radical (unpaired) electrons. The zero-order valence-corrected chi connectivity index (χ0v) is 12.6. The Kier molecular flexibility index (Phi) is 4.56. The predicted octanol–water partition coefficient (Wildman–Crippen LogP) is 1.66. The van der Waals surface area contributed by atoms with Crippen molar-refractivity contribution in [3.05, 3.63) is 59.0 Å². The summed E-state index contributed by atoms with van der Waals surface area (Å²) in [6.07, 6.45) is 4.60. The van der Waals surface area contributed by atoms with Gasteiger partial charge in [-0.3, -0.25) is 9.20 Å². The third-order valence-electron chi connectivity index (χ3n) is 3.42. The molecule has 0 aliphatic carbocycles. The Morgan fingerprint density at radius 2 is 2.17 bits per heavy atom. The topological polar surface area (TPSA) is 78.7 Å². The summed E-state index contributed by atoms with van der Waals surface area (Å²) >= 11 is 0. The zero-order valence-electron chi connectivity index (χ0n) is 12.6. The van der Waals surface area contributed by atoms with Gasteiger partial charge in [0.15, 0.2) is 5.65 Å². The molecule has 7 nitrogen and oxygen atoms in total. The lowest BCUT2D eigenvalue weighted by Crippen LogP contribution is -2.22.